The van der Waals surface area contributed by atoms with Gasteiger partial charge in [0.2, 0.25) is 0 Å². The zero-order chi connectivity index (χ0) is 9.26. The second kappa shape index (κ2) is 3.72. The highest BCUT2D eigenvalue weighted by molar-refractivity contribution is 6.36. The highest BCUT2D eigenvalue weighted by atomic mass is 16.7. The molecule has 2 aliphatic carbocycles. The van der Waals surface area contributed by atoms with E-state index < -0.39 is 7.32 Å². The van der Waals surface area contributed by atoms with Crippen LogP contribution in [0.25, 0.3) is 0 Å². The van der Waals surface area contributed by atoms with Crippen molar-refractivity contribution in [1.82, 2.24) is 0 Å². The summed E-state index contributed by atoms with van der Waals surface area (Å²) in [5.74, 6) is 1.95. The predicted molar refractivity (Wildman–Crippen MR) is 49.8 cm³/mol. The maximum Gasteiger partial charge on any atom is 0.712 e. The van der Waals surface area contributed by atoms with Gasteiger partial charge < -0.3 is 14.0 Å². The molecule has 0 heterocycles. The van der Waals surface area contributed by atoms with Gasteiger partial charge in [-0.1, -0.05) is 0 Å². The van der Waals surface area contributed by atoms with Gasteiger partial charge in [0, 0.05) is 20.6 Å². The van der Waals surface area contributed by atoms with Crippen LogP contribution in [0.3, 0.4) is 0 Å². The lowest BCUT2D eigenvalue weighted by Crippen LogP contribution is -2.24. The summed E-state index contributed by atoms with van der Waals surface area (Å²) in [4.78, 5) is 0. The highest BCUT2D eigenvalue weighted by Gasteiger charge is 2.34. The average Bonchev–Trinajstić information content (AvgIpc) is 2.75. The summed E-state index contributed by atoms with van der Waals surface area (Å²) >= 11 is 0. The van der Waals surface area contributed by atoms with Gasteiger partial charge in [0.1, 0.15) is 0 Å². The van der Waals surface area contributed by atoms with Crippen LogP contribution in [0.5, 0.6) is 0 Å². The molecule has 4 heteroatoms. The van der Waals surface area contributed by atoms with Crippen LogP contribution in [0.2, 0.25) is 0 Å². The number of hydrogen-bond donors (Lipinski definition) is 0. The van der Waals surface area contributed by atoms with E-state index in [-0.39, 0.29) is 0 Å². The topological polar surface area (TPSA) is 27.7 Å². The van der Waals surface area contributed by atoms with E-state index in [1.165, 1.54) is 24.8 Å². The fraction of sp³-hybridized carbons (Fsp3) is 0.778. The molecule has 1 saturated carbocycles. The second-order valence-electron chi connectivity index (χ2n) is 3.72. The molecule has 0 aromatic heterocycles. The molecule has 1 atom stereocenters. The Morgan fingerprint density at radius 2 is 2.00 bits per heavy atom. The summed E-state index contributed by atoms with van der Waals surface area (Å²) in [7, 11) is 2.65. The number of rotatable bonds is 4. The first-order valence-electron chi connectivity index (χ1n) is 4.76. The van der Waals surface area contributed by atoms with E-state index >= 15 is 0 Å². The van der Waals surface area contributed by atoms with E-state index in [4.69, 9.17) is 14.0 Å². The summed E-state index contributed by atoms with van der Waals surface area (Å²) < 4.78 is 15.6. The summed E-state index contributed by atoms with van der Waals surface area (Å²) in [6.07, 6.45) is 4.86. The third-order valence-corrected chi connectivity index (χ3v) is 2.88. The molecule has 72 valence electrons. The van der Waals surface area contributed by atoms with Gasteiger partial charge in [0.25, 0.3) is 0 Å². The van der Waals surface area contributed by atoms with E-state index in [0.717, 1.165) is 18.1 Å². The molecule has 1 fully saturated rings. The number of hydrogen-bond acceptors (Lipinski definition) is 3. The smallest absolute Gasteiger partial charge is 0.515 e. The lowest BCUT2D eigenvalue weighted by molar-refractivity contribution is 0.162. The molecule has 0 spiro atoms. The van der Waals surface area contributed by atoms with Crippen LogP contribution in [-0.4, -0.2) is 21.5 Å². The van der Waals surface area contributed by atoms with Crippen molar-refractivity contribution in [2.45, 2.75) is 25.7 Å². The quantitative estimate of drug-likeness (QED) is 0.619. The molecule has 1 unspecified atom stereocenters. The molecule has 2 aliphatic rings. The standard InChI is InChI=1S/C9H15BO3/c1-11-10(12-2)13-9-6-7-3-4-8(9)5-7/h7H,3-6H2,1-2H3. The Bertz CT molecular complexity index is 223. The minimum absolute atomic E-state index is 0.526. The highest BCUT2D eigenvalue weighted by Crippen LogP contribution is 2.44. The molecule has 0 amide bonds. The van der Waals surface area contributed by atoms with Crippen LogP contribution in [-0.2, 0) is 14.0 Å². The van der Waals surface area contributed by atoms with Crippen LogP contribution in [0, 0.1) is 5.92 Å². The Morgan fingerprint density at radius 1 is 1.23 bits per heavy atom. The third kappa shape index (κ3) is 1.74. The maximum absolute atomic E-state index is 5.58. The molecule has 2 rings (SSSR count). The van der Waals surface area contributed by atoms with E-state index in [1.807, 2.05) is 0 Å². The van der Waals surface area contributed by atoms with Gasteiger partial charge in [0.05, 0.1) is 5.76 Å². The summed E-state index contributed by atoms with van der Waals surface area (Å²) in [5.41, 5.74) is 1.48. The minimum atomic E-state index is -0.526. The van der Waals surface area contributed by atoms with Gasteiger partial charge >= 0.3 is 7.32 Å². The van der Waals surface area contributed by atoms with Gasteiger partial charge in [-0.2, -0.15) is 0 Å². The van der Waals surface area contributed by atoms with E-state index in [1.54, 1.807) is 14.2 Å². The van der Waals surface area contributed by atoms with Crippen molar-refractivity contribution >= 4 is 7.32 Å². The molecule has 0 radical (unpaired) electrons. The normalized spacial score (nSPS) is 25.5. The zero-order valence-electron chi connectivity index (χ0n) is 8.21. The van der Waals surface area contributed by atoms with Gasteiger partial charge in [0.15, 0.2) is 0 Å². The molecule has 0 saturated heterocycles. The molecule has 13 heavy (non-hydrogen) atoms. The largest absolute Gasteiger partial charge is 0.712 e. The summed E-state index contributed by atoms with van der Waals surface area (Å²) in [6.45, 7) is 0. The number of fused-ring (bicyclic) bond motifs is 2. The molecule has 0 aromatic carbocycles. The second-order valence-corrected chi connectivity index (χ2v) is 3.72. The monoisotopic (exact) mass is 182 g/mol. The van der Waals surface area contributed by atoms with Gasteiger partial charge in [-0.25, -0.2) is 0 Å². The Labute approximate surface area is 79.2 Å². The van der Waals surface area contributed by atoms with E-state index in [2.05, 4.69) is 0 Å². The van der Waals surface area contributed by atoms with Crippen molar-refractivity contribution in [3.63, 3.8) is 0 Å². The molecule has 0 N–H and O–H groups in total. The summed E-state index contributed by atoms with van der Waals surface area (Å²) in [6, 6.07) is 0. The van der Waals surface area contributed by atoms with E-state index in [9.17, 15) is 0 Å². The molecule has 3 nitrogen and oxygen atoms in total. The Morgan fingerprint density at radius 3 is 2.46 bits per heavy atom. The van der Waals surface area contributed by atoms with Crippen molar-refractivity contribution < 1.29 is 14.0 Å². The molecule has 0 aliphatic heterocycles. The van der Waals surface area contributed by atoms with Crippen molar-refractivity contribution in [3.05, 3.63) is 11.3 Å². The van der Waals surface area contributed by atoms with Crippen LogP contribution < -0.4 is 0 Å². The lowest BCUT2D eigenvalue weighted by Gasteiger charge is -2.16. The maximum atomic E-state index is 5.58. The SMILES string of the molecule is COB(OC)OC1=C2CCC(C2)C1. The van der Waals surface area contributed by atoms with Crippen molar-refractivity contribution in [2.24, 2.45) is 5.92 Å². The molecule has 2 bridgehead atoms. The fourth-order valence-electron chi connectivity index (χ4n) is 2.21. The van der Waals surface area contributed by atoms with Crippen LogP contribution in [0.1, 0.15) is 25.7 Å². The van der Waals surface area contributed by atoms with Crippen molar-refractivity contribution in [2.75, 3.05) is 14.2 Å². The van der Waals surface area contributed by atoms with Crippen LogP contribution in [0.15, 0.2) is 11.3 Å². The first-order valence-corrected chi connectivity index (χ1v) is 4.76. The van der Waals surface area contributed by atoms with Crippen LogP contribution in [0.4, 0.5) is 0 Å². The first-order chi connectivity index (χ1) is 6.33. The zero-order valence-corrected chi connectivity index (χ0v) is 8.21. The Kier molecular flexibility index (Phi) is 2.60. The van der Waals surface area contributed by atoms with Gasteiger partial charge in [-0.05, 0) is 30.8 Å². The van der Waals surface area contributed by atoms with Crippen molar-refractivity contribution in [3.8, 4) is 0 Å². The predicted octanol–water partition coefficient (Wildman–Crippen LogP) is 1.74. The van der Waals surface area contributed by atoms with Crippen molar-refractivity contribution in [1.29, 1.82) is 0 Å². The molecular weight excluding hydrogens is 167 g/mol. The fourth-order valence-corrected chi connectivity index (χ4v) is 2.21. The third-order valence-electron chi connectivity index (χ3n) is 2.88. The average molecular weight is 182 g/mol. The lowest BCUT2D eigenvalue weighted by atomic mass is 10.0. The minimum Gasteiger partial charge on any atom is -0.515 e. The summed E-state index contributed by atoms with van der Waals surface area (Å²) in [5, 5.41) is 0. The molecule has 0 aromatic rings. The Hall–Kier alpha value is -0.475. The van der Waals surface area contributed by atoms with Gasteiger partial charge in [-0.15, -0.1) is 0 Å². The van der Waals surface area contributed by atoms with Gasteiger partial charge in [-0.3, -0.25) is 0 Å². The Balaban J connectivity index is 1.95. The van der Waals surface area contributed by atoms with Crippen LogP contribution >= 0.6 is 0 Å². The van der Waals surface area contributed by atoms with E-state index in [0.29, 0.717) is 0 Å². The molecular formula is C9H15BO3. The first kappa shape index (κ1) is 9.09. The number of allylic oxidation sites excluding steroid dienone is 2.